The van der Waals surface area contributed by atoms with E-state index in [2.05, 4.69) is 60.7 Å². The molecule has 52 heavy (non-hydrogen) atoms. The van der Waals surface area contributed by atoms with Crippen LogP contribution in [0.5, 0.6) is 0 Å². The molecule has 0 radical (unpaired) electrons. The molecule has 8 aliphatic carbocycles. The molecule has 8 aliphatic rings. The number of hydrogen-bond acceptors (Lipinski definition) is 5. The van der Waals surface area contributed by atoms with Crippen LogP contribution in [0.3, 0.4) is 0 Å². The highest BCUT2D eigenvalue weighted by Gasteiger charge is 2.52. The first-order valence-corrected chi connectivity index (χ1v) is 19.8. The van der Waals surface area contributed by atoms with Gasteiger partial charge in [-0.3, -0.25) is 0 Å². The molecule has 8 saturated carbocycles. The standard InChI is InChI=1S/C47H43N5/c48-26-28-1-10-41-38(17-28)18-35(27-49)19-42(41)45-51-43(36-2-6-39(7-3-36)46-20-29-11-30(21-46)13-31(12-29)22-46)50-44(52-45)37-4-8-40(9-5-37)47-23-32-14-33(24-47)16-34(15-32)25-47/h1-10,17-19,29-34H,11-16,20-25H2. The second-order valence-corrected chi connectivity index (χ2v) is 18.0. The van der Waals surface area contributed by atoms with E-state index in [0.29, 0.717) is 39.4 Å². The average Bonchev–Trinajstić information content (AvgIpc) is 3.16. The van der Waals surface area contributed by atoms with E-state index in [4.69, 9.17) is 15.0 Å². The van der Waals surface area contributed by atoms with E-state index in [1.807, 2.05) is 30.3 Å². The normalized spacial score (nSPS) is 32.2. The van der Waals surface area contributed by atoms with Gasteiger partial charge in [-0.15, -0.1) is 0 Å². The first-order valence-electron chi connectivity index (χ1n) is 19.8. The van der Waals surface area contributed by atoms with Crippen LogP contribution in [0.25, 0.3) is 44.9 Å². The van der Waals surface area contributed by atoms with Gasteiger partial charge in [0, 0.05) is 16.7 Å². The van der Waals surface area contributed by atoms with Crippen molar-refractivity contribution < 1.29 is 0 Å². The van der Waals surface area contributed by atoms with Crippen LogP contribution >= 0.6 is 0 Å². The summed E-state index contributed by atoms with van der Waals surface area (Å²) < 4.78 is 0. The Hall–Kier alpha value is -4.87. The highest BCUT2D eigenvalue weighted by molar-refractivity contribution is 5.97. The van der Waals surface area contributed by atoms with E-state index in [0.717, 1.165) is 63.0 Å². The van der Waals surface area contributed by atoms with Gasteiger partial charge in [-0.25, -0.2) is 15.0 Å². The average molecular weight is 678 g/mol. The van der Waals surface area contributed by atoms with E-state index >= 15 is 0 Å². The van der Waals surface area contributed by atoms with E-state index < -0.39 is 0 Å². The molecule has 0 N–H and O–H groups in total. The minimum atomic E-state index is 0.333. The van der Waals surface area contributed by atoms with Crippen molar-refractivity contribution in [1.82, 2.24) is 15.0 Å². The molecule has 13 rings (SSSR count). The van der Waals surface area contributed by atoms with Crippen molar-refractivity contribution in [3.63, 3.8) is 0 Å². The van der Waals surface area contributed by atoms with Gasteiger partial charge in [0.2, 0.25) is 0 Å². The highest BCUT2D eigenvalue weighted by atomic mass is 15.0. The van der Waals surface area contributed by atoms with Crippen LogP contribution in [0.4, 0.5) is 0 Å². The fourth-order valence-corrected chi connectivity index (χ4v) is 13.3. The summed E-state index contributed by atoms with van der Waals surface area (Å²) in [5.74, 6) is 7.23. The number of rotatable bonds is 5. The van der Waals surface area contributed by atoms with Gasteiger partial charge in [-0.2, -0.15) is 10.5 Å². The largest absolute Gasteiger partial charge is 0.208 e. The Kier molecular flexibility index (Phi) is 6.69. The maximum absolute atomic E-state index is 10.0. The number of nitrogens with zero attached hydrogens (tertiary/aromatic N) is 5. The van der Waals surface area contributed by atoms with Gasteiger partial charge in [0.25, 0.3) is 0 Å². The van der Waals surface area contributed by atoms with Gasteiger partial charge in [0.15, 0.2) is 17.5 Å². The third kappa shape index (κ3) is 4.89. The van der Waals surface area contributed by atoms with Gasteiger partial charge in [-0.05, 0) is 170 Å². The lowest BCUT2D eigenvalue weighted by molar-refractivity contribution is -0.00530. The second kappa shape index (κ2) is 11.3. The molecular formula is C47H43N5. The van der Waals surface area contributed by atoms with Gasteiger partial charge in [0.05, 0.1) is 23.3 Å². The van der Waals surface area contributed by atoms with Crippen molar-refractivity contribution >= 4 is 10.8 Å². The van der Waals surface area contributed by atoms with Gasteiger partial charge in [-0.1, -0.05) is 54.6 Å². The van der Waals surface area contributed by atoms with Crippen molar-refractivity contribution in [3.05, 3.63) is 101 Å². The molecule has 0 unspecified atom stereocenters. The van der Waals surface area contributed by atoms with Crippen molar-refractivity contribution in [2.24, 2.45) is 35.5 Å². The molecule has 0 saturated heterocycles. The predicted molar refractivity (Wildman–Crippen MR) is 203 cm³/mol. The summed E-state index contributed by atoms with van der Waals surface area (Å²) in [6.07, 6.45) is 16.7. The maximum atomic E-state index is 10.0. The third-order valence-corrected chi connectivity index (χ3v) is 14.7. The zero-order chi connectivity index (χ0) is 34.6. The number of nitriles is 2. The van der Waals surface area contributed by atoms with Crippen LogP contribution in [-0.2, 0) is 10.8 Å². The lowest BCUT2D eigenvalue weighted by atomic mass is 9.48. The second-order valence-electron chi connectivity index (χ2n) is 18.0. The molecule has 0 amide bonds. The molecule has 5 heteroatoms. The summed E-state index contributed by atoms with van der Waals surface area (Å²) in [6.45, 7) is 0. The Labute approximate surface area is 306 Å². The van der Waals surface area contributed by atoms with Crippen LogP contribution in [0, 0.1) is 58.2 Å². The molecule has 256 valence electrons. The van der Waals surface area contributed by atoms with Gasteiger partial charge >= 0.3 is 0 Å². The zero-order valence-corrected chi connectivity index (χ0v) is 29.7. The molecule has 8 fully saturated rings. The molecule has 1 heterocycles. The van der Waals surface area contributed by atoms with Crippen LogP contribution in [-0.4, -0.2) is 15.0 Å². The van der Waals surface area contributed by atoms with Crippen molar-refractivity contribution in [2.45, 2.75) is 87.9 Å². The van der Waals surface area contributed by atoms with Crippen molar-refractivity contribution in [2.75, 3.05) is 0 Å². The molecule has 8 bridgehead atoms. The van der Waals surface area contributed by atoms with Gasteiger partial charge in [0.1, 0.15) is 0 Å². The lowest BCUT2D eigenvalue weighted by Gasteiger charge is -2.57. The van der Waals surface area contributed by atoms with Crippen molar-refractivity contribution in [1.29, 1.82) is 10.5 Å². The predicted octanol–water partition coefficient (Wildman–Crippen LogP) is 10.7. The quantitative estimate of drug-likeness (QED) is 0.185. The third-order valence-electron chi connectivity index (χ3n) is 14.7. The Morgan fingerprint density at radius 2 is 0.865 bits per heavy atom. The summed E-state index contributed by atoms with van der Waals surface area (Å²) in [4.78, 5) is 15.4. The number of aromatic nitrogens is 3. The SMILES string of the molecule is N#Cc1ccc2c(-c3nc(-c4ccc(C56CC7CC(CC(C7)C5)C6)cc4)nc(-c4ccc(C56CC7CC(CC(C7)C5)C6)cc4)n3)cc(C#N)cc2c1. The molecule has 5 nitrogen and oxygen atoms in total. The summed E-state index contributed by atoms with van der Waals surface area (Å²) >= 11 is 0. The summed E-state index contributed by atoms with van der Waals surface area (Å²) in [5.41, 5.74) is 7.47. The molecule has 4 aromatic carbocycles. The van der Waals surface area contributed by atoms with Gasteiger partial charge < -0.3 is 0 Å². The Balaban J connectivity index is 1.01. The summed E-state index contributed by atoms with van der Waals surface area (Å²) in [5, 5.41) is 21.4. The van der Waals surface area contributed by atoms with Crippen LogP contribution < -0.4 is 0 Å². The molecule has 0 aliphatic heterocycles. The smallest absolute Gasteiger partial charge is 0.164 e. The summed E-state index contributed by atoms with van der Waals surface area (Å²) in [6, 6.07) is 32.3. The fourth-order valence-electron chi connectivity index (χ4n) is 13.3. The molecule has 5 aromatic rings. The Bertz CT molecular complexity index is 2160. The van der Waals surface area contributed by atoms with Crippen LogP contribution in [0.15, 0.2) is 78.9 Å². The lowest BCUT2D eigenvalue weighted by Crippen LogP contribution is -2.48. The monoisotopic (exact) mass is 677 g/mol. The molecular weight excluding hydrogens is 635 g/mol. The van der Waals surface area contributed by atoms with E-state index in [1.165, 1.54) is 88.2 Å². The Morgan fingerprint density at radius 3 is 1.29 bits per heavy atom. The molecule has 0 atom stereocenters. The number of hydrogen-bond donors (Lipinski definition) is 0. The van der Waals surface area contributed by atoms with Crippen LogP contribution in [0.2, 0.25) is 0 Å². The highest BCUT2D eigenvalue weighted by Crippen LogP contribution is 2.62. The minimum absolute atomic E-state index is 0.333. The number of benzene rings is 4. The fraction of sp³-hybridized carbons (Fsp3) is 0.426. The number of fused-ring (bicyclic) bond motifs is 1. The summed E-state index contributed by atoms with van der Waals surface area (Å²) in [7, 11) is 0. The van der Waals surface area contributed by atoms with E-state index in [1.54, 1.807) is 0 Å². The topological polar surface area (TPSA) is 86.2 Å². The first-order chi connectivity index (χ1) is 25.4. The van der Waals surface area contributed by atoms with Crippen molar-refractivity contribution in [3.8, 4) is 46.3 Å². The maximum Gasteiger partial charge on any atom is 0.164 e. The van der Waals surface area contributed by atoms with E-state index in [-0.39, 0.29) is 0 Å². The van der Waals surface area contributed by atoms with Crippen LogP contribution in [0.1, 0.15) is 99.3 Å². The van der Waals surface area contributed by atoms with E-state index in [9.17, 15) is 10.5 Å². The Morgan fingerprint density at radius 1 is 0.462 bits per heavy atom. The first kappa shape index (κ1) is 30.7. The molecule has 1 aromatic heterocycles. The molecule has 0 spiro atoms. The minimum Gasteiger partial charge on any atom is -0.208 e. The zero-order valence-electron chi connectivity index (χ0n) is 29.7.